The third-order valence-electron chi connectivity index (χ3n) is 4.66. The van der Waals surface area contributed by atoms with E-state index in [0.717, 1.165) is 48.6 Å². The zero-order valence-electron chi connectivity index (χ0n) is 15.4. The molecule has 138 valence electrons. The highest BCUT2D eigenvalue weighted by molar-refractivity contribution is 5.79. The molecular weight excluding hydrogens is 316 g/mol. The van der Waals surface area contributed by atoms with Crippen molar-refractivity contribution in [2.75, 3.05) is 39.5 Å². The first-order valence-corrected chi connectivity index (χ1v) is 9.37. The molecule has 0 radical (unpaired) electrons. The zero-order valence-corrected chi connectivity index (χ0v) is 15.4. The topological polar surface area (TPSA) is 58.1 Å². The van der Waals surface area contributed by atoms with E-state index in [0.29, 0.717) is 13.3 Å². The van der Waals surface area contributed by atoms with Gasteiger partial charge in [-0.2, -0.15) is 0 Å². The average Bonchev–Trinajstić information content (AvgIpc) is 3.07. The first kappa shape index (κ1) is 17.9. The van der Waals surface area contributed by atoms with Crippen LogP contribution in [0.5, 0.6) is 11.5 Å². The molecule has 0 aliphatic carbocycles. The van der Waals surface area contributed by atoms with Gasteiger partial charge < -0.3 is 25.0 Å². The molecular formula is C19H30N4O2. The Bertz CT molecular complexity index is 591. The Balaban J connectivity index is 1.48. The summed E-state index contributed by atoms with van der Waals surface area (Å²) in [5, 5.41) is 6.76. The summed E-state index contributed by atoms with van der Waals surface area (Å²) >= 11 is 0. The minimum atomic E-state index is 0.307. The van der Waals surface area contributed by atoms with E-state index in [1.54, 1.807) is 0 Å². The summed E-state index contributed by atoms with van der Waals surface area (Å²) in [6, 6.07) is 5.99. The van der Waals surface area contributed by atoms with Crippen LogP contribution in [0.4, 0.5) is 0 Å². The van der Waals surface area contributed by atoms with Gasteiger partial charge in [0.25, 0.3) is 0 Å². The maximum Gasteiger partial charge on any atom is 0.231 e. The number of benzene rings is 1. The van der Waals surface area contributed by atoms with Crippen LogP contribution in [-0.2, 0) is 6.54 Å². The number of nitrogens with zero attached hydrogens (tertiary/aromatic N) is 2. The molecule has 1 aromatic carbocycles. The third kappa shape index (κ3) is 5.26. The first-order valence-electron chi connectivity index (χ1n) is 9.37. The Labute approximate surface area is 150 Å². The fourth-order valence-electron chi connectivity index (χ4n) is 3.37. The van der Waals surface area contributed by atoms with E-state index in [1.807, 2.05) is 18.2 Å². The van der Waals surface area contributed by atoms with Crippen molar-refractivity contribution < 1.29 is 9.47 Å². The van der Waals surface area contributed by atoms with Crippen molar-refractivity contribution in [1.29, 1.82) is 0 Å². The zero-order chi connectivity index (χ0) is 17.5. The van der Waals surface area contributed by atoms with Crippen LogP contribution in [0.15, 0.2) is 23.2 Å². The summed E-state index contributed by atoms with van der Waals surface area (Å²) < 4.78 is 10.8. The van der Waals surface area contributed by atoms with Crippen molar-refractivity contribution in [3.63, 3.8) is 0 Å². The standard InChI is InChI=1S/C19H30N4O2/c1-3-20-19(21-8-10-23-9-4-5-15(2)13-23)22-12-16-6-7-17-18(11-16)25-14-24-17/h6-7,11,15H,3-5,8-10,12-14H2,1-2H3,(H2,20,21,22). The van der Waals surface area contributed by atoms with E-state index in [1.165, 1.54) is 25.9 Å². The second-order valence-corrected chi connectivity index (χ2v) is 6.86. The van der Waals surface area contributed by atoms with Gasteiger partial charge in [0.15, 0.2) is 17.5 Å². The van der Waals surface area contributed by atoms with Crippen molar-refractivity contribution in [3.05, 3.63) is 23.8 Å². The molecule has 2 aliphatic rings. The molecule has 1 saturated heterocycles. The number of hydrogen-bond donors (Lipinski definition) is 2. The molecule has 3 rings (SSSR count). The van der Waals surface area contributed by atoms with E-state index in [4.69, 9.17) is 9.47 Å². The van der Waals surface area contributed by atoms with Gasteiger partial charge in [0.2, 0.25) is 6.79 Å². The van der Waals surface area contributed by atoms with E-state index in [9.17, 15) is 0 Å². The molecule has 2 heterocycles. The summed E-state index contributed by atoms with van der Waals surface area (Å²) in [7, 11) is 0. The first-order chi connectivity index (χ1) is 12.2. The van der Waals surface area contributed by atoms with Crippen LogP contribution < -0.4 is 20.1 Å². The predicted octanol–water partition coefficient (Wildman–Crippen LogP) is 2.20. The number of hydrogen-bond acceptors (Lipinski definition) is 4. The number of nitrogens with one attached hydrogen (secondary N) is 2. The molecule has 25 heavy (non-hydrogen) atoms. The lowest BCUT2D eigenvalue weighted by Gasteiger charge is -2.30. The quantitative estimate of drug-likeness (QED) is 0.611. The summed E-state index contributed by atoms with van der Waals surface area (Å²) in [6.07, 6.45) is 2.68. The molecule has 0 bridgehead atoms. The molecule has 1 fully saturated rings. The van der Waals surface area contributed by atoms with Crippen LogP contribution in [0.2, 0.25) is 0 Å². The second kappa shape index (κ2) is 8.94. The Kier molecular flexibility index (Phi) is 6.39. The minimum absolute atomic E-state index is 0.307. The number of fused-ring (bicyclic) bond motifs is 1. The minimum Gasteiger partial charge on any atom is -0.454 e. The lowest BCUT2D eigenvalue weighted by Crippen LogP contribution is -2.43. The maximum atomic E-state index is 5.43. The van der Waals surface area contributed by atoms with Gasteiger partial charge >= 0.3 is 0 Å². The number of rotatable bonds is 6. The number of piperidine rings is 1. The van der Waals surface area contributed by atoms with Crippen molar-refractivity contribution >= 4 is 5.96 Å². The van der Waals surface area contributed by atoms with Crippen molar-refractivity contribution in [3.8, 4) is 11.5 Å². The van der Waals surface area contributed by atoms with E-state index in [2.05, 4.69) is 34.4 Å². The van der Waals surface area contributed by atoms with Crippen LogP contribution >= 0.6 is 0 Å². The normalized spacial score (nSPS) is 20.6. The Morgan fingerprint density at radius 3 is 3.00 bits per heavy atom. The molecule has 1 atom stereocenters. The fourth-order valence-corrected chi connectivity index (χ4v) is 3.37. The number of likely N-dealkylation sites (tertiary alicyclic amines) is 1. The van der Waals surface area contributed by atoms with Crippen LogP contribution in [0.1, 0.15) is 32.3 Å². The Hall–Kier alpha value is -1.95. The van der Waals surface area contributed by atoms with Crippen molar-refractivity contribution in [1.82, 2.24) is 15.5 Å². The van der Waals surface area contributed by atoms with Crippen molar-refractivity contribution in [2.24, 2.45) is 10.9 Å². The molecule has 0 amide bonds. The Morgan fingerprint density at radius 1 is 1.28 bits per heavy atom. The summed E-state index contributed by atoms with van der Waals surface area (Å²) in [4.78, 5) is 7.23. The van der Waals surface area contributed by atoms with Gasteiger partial charge in [0.1, 0.15) is 0 Å². The van der Waals surface area contributed by atoms with Crippen LogP contribution in [-0.4, -0.2) is 50.4 Å². The van der Waals surface area contributed by atoms with Crippen LogP contribution in [0, 0.1) is 5.92 Å². The molecule has 2 aliphatic heterocycles. The monoisotopic (exact) mass is 346 g/mol. The van der Waals surface area contributed by atoms with Gasteiger partial charge in [0, 0.05) is 26.2 Å². The van der Waals surface area contributed by atoms with Gasteiger partial charge in [0.05, 0.1) is 6.54 Å². The highest BCUT2D eigenvalue weighted by Gasteiger charge is 2.16. The predicted molar refractivity (Wildman–Crippen MR) is 100 cm³/mol. The highest BCUT2D eigenvalue weighted by Crippen LogP contribution is 2.32. The lowest BCUT2D eigenvalue weighted by atomic mass is 10.0. The lowest BCUT2D eigenvalue weighted by molar-refractivity contribution is 0.174. The maximum absolute atomic E-state index is 5.43. The van der Waals surface area contributed by atoms with E-state index in [-0.39, 0.29) is 0 Å². The molecule has 6 nitrogen and oxygen atoms in total. The number of ether oxygens (including phenoxy) is 2. The average molecular weight is 346 g/mol. The van der Waals surface area contributed by atoms with Gasteiger partial charge in [-0.3, -0.25) is 0 Å². The Morgan fingerprint density at radius 2 is 2.16 bits per heavy atom. The molecule has 6 heteroatoms. The molecule has 1 aromatic rings. The van der Waals surface area contributed by atoms with Gasteiger partial charge in [-0.1, -0.05) is 13.0 Å². The van der Waals surface area contributed by atoms with Gasteiger partial charge in [-0.25, -0.2) is 4.99 Å². The number of guanidine groups is 1. The van der Waals surface area contributed by atoms with E-state index < -0.39 is 0 Å². The van der Waals surface area contributed by atoms with Gasteiger partial charge in [-0.15, -0.1) is 0 Å². The van der Waals surface area contributed by atoms with E-state index >= 15 is 0 Å². The summed E-state index contributed by atoms with van der Waals surface area (Å²) in [5.41, 5.74) is 1.12. The largest absolute Gasteiger partial charge is 0.454 e. The molecule has 0 saturated carbocycles. The summed E-state index contributed by atoms with van der Waals surface area (Å²) in [6.45, 7) is 10.6. The molecule has 0 spiro atoms. The third-order valence-corrected chi connectivity index (χ3v) is 4.66. The van der Waals surface area contributed by atoms with Crippen LogP contribution in [0.3, 0.4) is 0 Å². The smallest absolute Gasteiger partial charge is 0.231 e. The summed E-state index contributed by atoms with van der Waals surface area (Å²) in [5.74, 6) is 3.31. The second-order valence-electron chi connectivity index (χ2n) is 6.86. The molecule has 1 unspecified atom stereocenters. The fraction of sp³-hybridized carbons (Fsp3) is 0.632. The SMILES string of the molecule is CCNC(=NCc1ccc2c(c1)OCO2)NCCN1CCCC(C)C1. The van der Waals surface area contributed by atoms with Crippen LogP contribution in [0.25, 0.3) is 0 Å². The highest BCUT2D eigenvalue weighted by atomic mass is 16.7. The van der Waals surface area contributed by atoms with Crippen molar-refractivity contribution in [2.45, 2.75) is 33.2 Å². The molecule has 0 aromatic heterocycles. The molecule has 2 N–H and O–H groups in total. The van der Waals surface area contributed by atoms with Gasteiger partial charge in [-0.05, 0) is 49.9 Å². The number of aliphatic imine (C=N–C) groups is 1.